The van der Waals surface area contributed by atoms with E-state index in [1.165, 1.54) is 0 Å². The molecule has 1 heterocycles. The molecule has 2 amide bonds. The Hall–Kier alpha value is -4.36. The average Bonchev–Trinajstić information content (AvgIpc) is 2.88. The summed E-state index contributed by atoms with van der Waals surface area (Å²) in [6, 6.07) is 27.2. The maximum atomic E-state index is 12.4. The minimum Gasteiger partial charge on any atom is -0.497 e. The van der Waals surface area contributed by atoms with Gasteiger partial charge >= 0.3 is 6.03 Å². The number of methoxy groups -OCH3 is 1. The van der Waals surface area contributed by atoms with Gasteiger partial charge in [-0.05, 0) is 41.5 Å². The van der Waals surface area contributed by atoms with Gasteiger partial charge in [0.2, 0.25) is 0 Å². The molecule has 0 aliphatic rings. The van der Waals surface area contributed by atoms with Crippen molar-refractivity contribution in [3.05, 3.63) is 120 Å². The molecule has 34 heavy (non-hydrogen) atoms. The molecule has 0 radical (unpaired) electrons. The average molecular weight is 456 g/mol. The first-order chi connectivity index (χ1) is 16.6. The Labute approximate surface area is 198 Å². The van der Waals surface area contributed by atoms with Gasteiger partial charge in [-0.1, -0.05) is 54.6 Å². The number of aromatic nitrogens is 1. The Balaban J connectivity index is 1.47. The fourth-order valence-corrected chi connectivity index (χ4v) is 3.47. The van der Waals surface area contributed by atoms with E-state index in [-0.39, 0.29) is 12.6 Å². The van der Waals surface area contributed by atoms with Crippen molar-refractivity contribution in [2.45, 2.75) is 12.6 Å². The van der Waals surface area contributed by atoms with Crippen LogP contribution in [0.2, 0.25) is 0 Å². The van der Waals surface area contributed by atoms with E-state index in [9.17, 15) is 10.0 Å². The first-order valence-corrected chi connectivity index (χ1v) is 10.7. The maximum Gasteiger partial charge on any atom is 0.345 e. The van der Waals surface area contributed by atoms with Crippen LogP contribution in [0.4, 0.5) is 10.5 Å². The van der Waals surface area contributed by atoms with Gasteiger partial charge in [-0.2, -0.15) is 0 Å². The predicted octanol–water partition coefficient (Wildman–Crippen LogP) is 5.68. The van der Waals surface area contributed by atoms with Crippen molar-refractivity contribution in [2.24, 2.45) is 0 Å². The number of carbonyl (C=O) groups excluding carboxylic acids is 1. The van der Waals surface area contributed by atoms with E-state index in [1.54, 1.807) is 49.8 Å². The van der Waals surface area contributed by atoms with Crippen molar-refractivity contribution in [1.82, 2.24) is 10.0 Å². The highest BCUT2D eigenvalue weighted by atomic mass is 16.5. The molecule has 172 valence electrons. The first kappa shape index (κ1) is 22.8. The Morgan fingerprint density at radius 1 is 0.941 bits per heavy atom. The van der Waals surface area contributed by atoms with E-state index in [4.69, 9.17) is 9.47 Å². The standard InChI is InChI=1S/C27H25N3O4/c1-33-24-13-6-12-23(17-24)29-27(31)30(32)19-20-8-5-14-25(16-20)34-26(21-9-3-2-4-10-21)22-11-7-15-28-18-22/h2-18,26,32H,19H2,1H3,(H,29,31). The molecule has 0 saturated carbocycles. The fraction of sp³-hybridized carbons (Fsp3) is 0.111. The predicted molar refractivity (Wildman–Crippen MR) is 129 cm³/mol. The SMILES string of the molecule is COc1cccc(NC(=O)N(O)Cc2cccc(OC(c3ccccc3)c3cccnc3)c2)c1. The van der Waals surface area contributed by atoms with Gasteiger partial charge in [0.05, 0.1) is 13.7 Å². The highest BCUT2D eigenvalue weighted by Crippen LogP contribution is 2.28. The number of anilines is 1. The summed E-state index contributed by atoms with van der Waals surface area (Å²) in [6.45, 7) is -0.0180. The third-order valence-electron chi connectivity index (χ3n) is 5.13. The third-order valence-corrected chi connectivity index (χ3v) is 5.13. The first-order valence-electron chi connectivity index (χ1n) is 10.7. The molecule has 1 atom stereocenters. The van der Waals surface area contributed by atoms with E-state index in [1.807, 2.05) is 60.7 Å². The number of ether oxygens (including phenoxy) is 2. The molecule has 3 aromatic carbocycles. The molecule has 1 aromatic heterocycles. The second-order valence-corrected chi connectivity index (χ2v) is 7.56. The monoisotopic (exact) mass is 455 g/mol. The Morgan fingerprint density at radius 3 is 2.47 bits per heavy atom. The Kier molecular flexibility index (Phi) is 7.37. The summed E-state index contributed by atoms with van der Waals surface area (Å²) < 4.78 is 11.5. The van der Waals surface area contributed by atoms with E-state index in [0.717, 1.165) is 11.1 Å². The molecule has 7 nitrogen and oxygen atoms in total. The lowest BCUT2D eigenvalue weighted by Crippen LogP contribution is -2.31. The molecule has 0 aliphatic carbocycles. The molecule has 1 unspecified atom stereocenters. The van der Waals surface area contributed by atoms with Crippen LogP contribution >= 0.6 is 0 Å². The van der Waals surface area contributed by atoms with Crippen LogP contribution in [0.5, 0.6) is 11.5 Å². The summed E-state index contributed by atoms with van der Waals surface area (Å²) in [4.78, 5) is 16.7. The van der Waals surface area contributed by atoms with Crippen LogP contribution in [-0.2, 0) is 6.54 Å². The molecule has 0 aliphatic heterocycles. The van der Waals surface area contributed by atoms with Crippen LogP contribution in [0.15, 0.2) is 103 Å². The van der Waals surface area contributed by atoms with Crippen molar-refractivity contribution < 1.29 is 19.5 Å². The summed E-state index contributed by atoms with van der Waals surface area (Å²) in [5.74, 6) is 1.21. The molecule has 0 fully saturated rings. The lowest BCUT2D eigenvalue weighted by Gasteiger charge is -2.21. The number of hydrogen-bond donors (Lipinski definition) is 2. The van der Waals surface area contributed by atoms with E-state index < -0.39 is 6.03 Å². The van der Waals surface area contributed by atoms with E-state index in [0.29, 0.717) is 27.8 Å². The van der Waals surface area contributed by atoms with E-state index in [2.05, 4.69) is 10.3 Å². The second kappa shape index (κ2) is 11.0. The summed E-state index contributed by atoms with van der Waals surface area (Å²) >= 11 is 0. The van der Waals surface area contributed by atoms with Gasteiger partial charge in [-0.3, -0.25) is 10.2 Å². The van der Waals surface area contributed by atoms with Crippen molar-refractivity contribution in [3.8, 4) is 11.5 Å². The molecule has 2 N–H and O–H groups in total. The molecule has 7 heteroatoms. The molecular weight excluding hydrogens is 430 g/mol. The van der Waals surface area contributed by atoms with Gasteiger partial charge in [-0.25, -0.2) is 9.86 Å². The number of rotatable bonds is 8. The molecule has 0 spiro atoms. The smallest absolute Gasteiger partial charge is 0.345 e. The minimum atomic E-state index is -0.655. The Bertz CT molecular complexity index is 1180. The van der Waals surface area contributed by atoms with Crippen molar-refractivity contribution in [1.29, 1.82) is 0 Å². The fourth-order valence-electron chi connectivity index (χ4n) is 3.47. The van der Waals surface area contributed by atoms with Gasteiger partial charge in [0.1, 0.15) is 11.5 Å². The summed E-state index contributed by atoms with van der Waals surface area (Å²) in [5, 5.41) is 13.6. The van der Waals surface area contributed by atoms with Crippen LogP contribution in [-0.4, -0.2) is 28.4 Å². The van der Waals surface area contributed by atoms with E-state index >= 15 is 0 Å². The molecule has 0 bridgehead atoms. The molecular formula is C27H25N3O4. The van der Waals surface area contributed by atoms with Gasteiger partial charge < -0.3 is 14.8 Å². The number of hydrogen-bond acceptors (Lipinski definition) is 5. The van der Waals surface area contributed by atoms with Crippen LogP contribution < -0.4 is 14.8 Å². The second-order valence-electron chi connectivity index (χ2n) is 7.56. The lowest BCUT2D eigenvalue weighted by molar-refractivity contribution is -0.0450. The molecule has 0 saturated heterocycles. The number of hydroxylamine groups is 2. The third kappa shape index (κ3) is 5.90. The molecule has 4 rings (SSSR count). The number of nitrogens with one attached hydrogen (secondary N) is 1. The summed E-state index contributed by atoms with van der Waals surface area (Å²) in [7, 11) is 1.55. The zero-order valence-corrected chi connectivity index (χ0v) is 18.7. The highest BCUT2D eigenvalue weighted by molar-refractivity contribution is 5.88. The largest absolute Gasteiger partial charge is 0.497 e. The lowest BCUT2D eigenvalue weighted by atomic mass is 10.0. The van der Waals surface area contributed by atoms with Gasteiger partial charge in [0, 0.05) is 29.7 Å². The molecule has 4 aromatic rings. The highest BCUT2D eigenvalue weighted by Gasteiger charge is 2.17. The number of pyridine rings is 1. The Morgan fingerprint density at radius 2 is 1.71 bits per heavy atom. The van der Waals surface area contributed by atoms with Crippen molar-refractivity contribution in [3.63, 3.8) is 0 Å². The number of nitrogens with zero attached hydrogens (tertiary/aromatic N) is 2. The topological polar surface area (TPSA) is 83.9 Å². The van der Waals surface area contributed by atoms with Crippen LogP contribution in [0.1, 0.15) is 22.8 Å². The number of urea groups is 1. The van der Waals surface area contributed by atoms with Gasteiger partial charge in [0.15, 0.2) is 6.10 Å². The number of amides is 2. The van der Waals surface area contributed by atoms with Crippen LogP contribution in [0.25, 0.3) is 0 Å². The van der Waals surface area contributed by atoms with Gasteiger partial charge in [-0.15, -0.1) is 0 Å². The van der Waals surface area contributed by atoms with Crippen molar-refractivity contribution >= 4 is 11.7 Å². The summed E-state index contributed by atoms with van der Waals surface area (Å²) in [5.41, 5.74) is 3.13. The number of carbonyl (C=O) groups is 1. The van der Waals surface area contributed by atoms with Crippen molar-refractivity contribution in [2.75, 3.05) is 12.4 Å². The van der Waals surface area contributed by atoms with Crippen LogP contribution in [0, 0.1) is 0 Å². The zero-order valence-electron chi connectivity index (χ0n) is 18.7. The minimum absolute atomic E-state index is 0.0180. The maximum absolute atomic E-state index is 12.4. The van der Waals surface area contributed by atoms with Gasteiger partial charge in [0.25, 0.3) is 0 Å². The number of benzene rings is 3. The summed E-state index contributed by atoms with van der Waals surface area (Å²) in [6.07, 6.45) is 3.14. The normalized spacial score (nSPS) is 11.4. The quantitative estimate of drug-likeness (QED) is 0.264. The zero-order chi connectivity index (χ0) is 23.8. The van der Waals surface area contributed by atoms with Crippen LogP contribution in [0.3, 0.4) is 0 Å².